The smallest absolute Gasteiger partial charge is 0.276 e. The lowest BCUT2D eigenvalue weighted by Crippen LogP contribution is -2.27. The zero-order valence-corrected chi connectivity index (χ0v) is 15.3. The lowest BCUT2D eigenvalue weighted by atomic mass is 10.2. The maximum atomic E-state index is 12.7. The Bertz CT molecular complexity index is 807. The average Bonchev–Trinajstić information content (AvgIpc) is 2.93. The molecule has 6 nitrogen and oxygen atoms in total. The monoisotopic (exact) mass is 354 g/mol. The molecule has 0 saturated carbocycles. The highest BCUT2D eigenvalue weighted by atomic mass is 16.2. The van der Waals surface area contributed by atoms with E-state index in [1.807, 2.05) is 31.2 Å². The van der Waals surface area contributed by atoms with Gasteiger partial charge in [0.1, 0.15) is 5.69 Å². The lowest BCUT2D eigenvalue weighted by Gasteiger charge is -2.25. The van der Waals surface area contributed by atoms with Crippen LogP contribution in [-0.4, -0.2) is 28.8 Å². The van der Waals surface area contributed by atoms with Crippen LogP contribution in [0.4, 0.5) is 11.4 Å². The van der Waals surface area contributed by atoms with Gasteiger partial charge in [0.2, 0.25) is 0 Å². The van der Waals surface area contributed by atoms with Crippen molar-refractivity contribution in [3.05, 3.63) is 52.4 Å². The average molecular weight is 354 g/mol. The van der Waals surface area contributed by atoms with Crippen LogP contribution in [0.1, 0.15) is 49.5 Å². The van der Waals surface area contributed by atoms with Gasteiger partial charge in [0, 0.05) is 25.7 Å². The van der Waals surface area contributed by atoms with E-state index < -0.39 is 0 Å². The van der Waals surface area contributed by atoms with Gasteiger partial charge >= 0.3 is 0 Å². The number of benzene rings is 1. The van der Waals surface area contributed by atoms with Crippen molar-refractivity contribution in [1.82, 2.24) is 9.78 Å². The normalized spacial score (nSPS) is 14.7. The van der Waals surface area contributed by atoms with Crippen molar-refractivity contribution >= 4 is 17.3 Å². The van der Waals surface area contributed by atoms with E-state index in [1.54, 1.807) is 0 Å². The van der Waals surface area contributed by atoms with Crippen molar-refractivity contribution in [2.24, 2.45) is 0 Å². The first-order chi connectivity index (χ1) is 12.7. The van der Waals surface area contributed by atoms with E-state index >= 15 is 0 Å². The number of hydrogen-bond acceptors (Lipinski definition) is 4. The van der Waals surface area contributed by atoms with Gasteiger partial charge in [-0.1, -0.05) is 31.9 Å². The minimum atomic E-state index is -0.294. The Morgan fingerprint density at radius 2 is 1.81 bits per heavy atom. The SMILES string of the molecule is CCCn1nc(C(=O)Nc2ccccc2N2CCCCCC2)ccc1=O. The molecule has 0 radical (unpaired) electrons. The van der Waals surface area contributed by atoms with E-state index in [0.29, 0.717) is 6.54 Å². The number of para-hydroxylation sites is 2. The van der Waals surface area contributed by atoms with Gasteiger partial charge in [-0.15, -0.1) is 0 Å². The third-order valence-corrected chi connectivity index (χ3v) is 4.63. The van der Waals surface area contributed by atoms with Crippen molar-refractivity contribution in [1.29, 1.82) is 0 Å². The number of hydrogen-bond donors (Lipinski definition) is 1. The van der Waals surface area contributed by atoms with E-state index in [1.165, 1.54) is 42.5 Å². The second-order valence-electron chi connectivity index (χ2n) is 6.65. The van der Waals surface area contributed by atoms with Crippen LogP contribution >= 0.6 is 0 Å². The maximum absolute atomic E-state index is 12.7. The van der Waals surface area contributed by atoms with Crippen molar-refractivity contribution in [3.63, 3.8) is 0 Å². The standard InChI is InChI=1S/C20H26N4O2/c1-2-13-24-19(25)12-11-17(22-24)20(26)21-16-9-5-6-10-18(16)23-14-7-3-4-8-15-23/h5-6,9-12H,2-4,7-8,13-15H2,1H3,(H,21,26). The molecule has 1 amide bonds. The molecule has 138 valence electrons. The minimum absolute atomic E-state index is 0.187. The first-order valence-corrected chi connectivity index (χ1v) is 9.42. The van der Waals surface area contributed by atoms with E-state index in [9.17, 15) is 9.59 Å². The van der Waals surface area contributed by atoms with Crippen LogP contribution in [0.3, 0.4) is 0 Å². The highest BCUT2D eigenvalue weighted by molar-refractivity contribution is 6.04. The Balaban J connectivity index is 1.81. The van der Waals surface area contributed by atoms with Gasteiger partial charge < -0.3 is 10.2 Å². The molecule has 3 rings (SSSR count). The molecule has 26 heavy (non-hydrogen) atoms. The number of carbonyl (C=O) groups excluding carboxylic acids is 1. The highest BCUT2D eigenvalue weighted by Crippen LogP contribution is 2.28. The summed E-state index contributed by atoms with van der Waals surface area (Å²) in [6, 6.07) is 10.8. The fourth-order valence-corrected chi connectivity index (χ4v) is 3.30. The number of amides is 1. The summed E-state index contributed by atoms with van der Waals surface area (Å²) in [4.78, 5) is 26.8. The summed E-state index contributed by atoms with van der Waals surface area (Å²) in [5.74, 6) is -0.294. The zero-order valence-electron chi connectivity index (χ0n) is 15.3. The molecule has 1 fully saturated rings. The molecule has 1 N–H and O–H groups in total. The molecule has 1 aromatic heterocycles. The molecule has 2 heterocycles. The number of rotatable bonds is 5. The summed E-state index contributed by atoms with van der Waals surface area (Å²) in [7, 11) is 0. The molecule has 1 aromatic carbocycles. The molecular formula is C20H26N4O2. The maximum Gasteiger partial charge on any atom is 0.276 e. The molecule has 0 spiro atoms. The first kappa shape index (κ1) is 18.2. The number of anilines is 2. The lowest BCUT2D eigenvalue weighted by molar-refractivity contribution is 0.102. The molecular weight excluding hydrogens is 328 g/mol. The number of nitrogens with one attached hydrogen (secondary N) is 1. The summed E-state index contributed by atoms with van der Waals surface area (Å²) in [6.07, 6.45) is 5.65. The van der Waals surface area contributed by atoms with Crippen LogP contribution in [0.5, 0.6) is 0 Å². The molecule has 0 bridgehead atoms. The van der Waals surface area contributed by atoms with Gasteiger partial charge in [-0.05, 0) is 37.5 Å². The Morgan fingerprint density at radius 3 is 2.54 bits per heavy atom. The van der Waals surface area contributed by atoms with Crippen LogP contribution < -0.4 is 15.8 Å². The van der Waals surface area contributed by atoms with Crippen molar-refractivity contribution in [2.75, 3.05) is 23.3 Å². The summed E-state index contributed by atoms with van der Waals surface area (Å²) in [5, 5.41) is 7.17. The van der Waals surface area contributed by atoms with Crippen molar-refractivity contribution in [2.45, 2.75) is 45.6 Å². The number of aromatic nitrogens is 2. The van der Waals surface area contributed by atoms with E-state index in [-0.39, 0.29) is 17.2 Å². The third-order valence-electron chi connectivity index (χ3n) is 4.63. The molecule has 2 aromatic rings. The fraction of sp³-hybridized carbons (Fsp3) is 0.450. The first-order valence-electron chi connectivity index (χ1n) is 9.42. The number of carbonyl (C=O) groups is 1. The van der Waals surface area contributed by atoms with Crippen LogP contribution in [0.2, 0.25) is 0 Å². The summed E-state index contributed by atoms with van der Waals surface area (Å²) < 4.78 is 1.34. The number of nitrogens with zero attached hydrogens (tertiary/aromatic N) is 3. The van der Waals surface area contributed by atoms with Gasteiger partial charge in [0.15, 0.2) is 0 Å². The Kier molecular flexibility index (Phi) is 6.04. The van der Waals surface area contributed by atoms with Crippen LogP contribution in [0.15, 0.2) is 41.2 Å². The molecule has 0 unspecified atom stereocenters. The van der Waals surface area contributed by atoms with Crippen molar-refractivity contribution < 1.29 is 4.79 Å². The molecule has 0 aliphatic carbocycles. The predicted octanol–water partition coefficient (Wildman–Crippen LogP) is 3.29. The molecule has 1 aliphatic heterocycles. The second-order valence-corrected chi connectivity index (χ2v) is 6.65. The largest absolute Gasteiger partial charge is 0.370 e. The van der Waals surface area contributed by atoms with Crippen LogP contribution in [-0.2, 0) is 6.54 Å². The zero-order chi connectivity index (χ0) is 18.4. The third kappa shape index (κ3) is 4.31. The summed E-state index contributed by atoms with van der Waals surface area (Å²) in [6.45, 7) is 4.49. The minimum Gasteiger partial charge on any atom is -0.370 e. The topological polar surface area (TPSA) is 67.2 Å². The van der Waals surface area contributed by atoms with Gasteiger partial charge in [-0.3, -0.25) is 9.59 Å². The van der Waals surface area contributed by atoms with E-state index in [0.717, 1.165) is 30.9 Å². The molecule has 0 atom stereocenters. The van der Waals surface area contributed by atoms with Gasteiger partial charge in [0.25, 0.3) is 11.5 Å². The Hall–Kier alpha value is -2.63. The Morgan fingerprint density at radius 1 is 1.08 bits per heavy atom. The van der Waals surface area contributed by atoms with E-state index in [2.05, 4.69) is 15.3 Å². The van der Waals surface area contributed by atoms with Gasteiger partial charge in [-0.25, -0.2) is 4.68 Å². The second kappa shape index (κ2) is 8.65. The van der Waals surface area contributed by atoms with Crippen LogP contribution in [0, 0.1) is 0 Å². The summed E-state index contributed by atoms with van der Waals surface area (Å²) in [5.41, 5.74) is 1.90. The van der Waals surface area contributed by atoms with Crippen LogP contribution in [0.25, 0.3) is 0 Å². The summed E-state index contributed by atoms with van der Waals surface area (Å²) >= 11 is 0. The highest BCUT2D eigenvalue weighted by Gasteiger charge is 2.16. The van der Waals surface area contributed by atoms with Gasteiger partial charge in [0.05, 0.1) is 11.4 Å². The van der Waals surface area contributed by atoms with Gasteiger partial charge in [-0.2, -0.15) is 5.10 Å². The molecule has 1 aliphatic rings. The number of aryl methyl sites for hydroxylation is 1. The fourth-order valence-electron chi connectivity index (χ4n) is 3.30. The predicted molar refractivity (Wildman–Crippen MR) is 104 cm³/mol. The quantitative estimate of drug-likeness (QED) is 0.895. The molecule has 1 saturated heterocycles. The Labute approximate surface area is 153 Å². The molecule has 6 heteroatoms. The van der Waals surface area contributed by atoms with E-state index in [4.69, 9.17) is 0 Å². The van der Waals surface area contributed by atoms with Crippen molar-refractivity contribution in [3.8, 4) is 0 Å².